The maximum atomic E-state index is 12.5. The zero-order valence-corrected chi connectivity index (χ0v) is 14.4. The maximum absolute atomic E-state index is 12.5. The molecule has 5 heteroatoms. The number of amides is 2. The third-order valence-electron chi connectivity index (χ3n) is 5.22. The predicted molar refractivity (Wildman–Crippen MR) is 92.2 cm³/mol. The average molecular weight is 330 g/mol. The number of nitrogens with two attached hydrogens (primary N) is 1. The molecule has 5 nitrogen and oxygen atoms in total. The Hall–Kier alpha value is -1.88. The van der Waals surface area contributed by atoms with E-state index in [1.54, 1.807) is 6.92 Å². The number of carbonyl (C=O) groups is 2. The summed E-state index contributed by atoms with van der Waals surface area (Å²) in [6, 6.07) is 7.89. The van der Waals surface area contributed by atoms with Crippen LogP contribution in [0.15, 0.2) is 24.3 Å². The maximum Gasteiger partial charge on any atom is 0.279 e. The van der Waals surface area contributed by atoms with E-state index < -0.39 is 6.04 Å². The third kappa shape index (κ3) is 4.15. The van der Waals surface area contributed by atoms with Crippen LogP contribution in [0.2, 0.25) is 0 Å². The van der Waals surface area contributed by atoms with Crippen LogP contribution in [0.1, 0.15) is 50.2 Å². The van der Waals surface area contributed by atoms with Crippen molar-refractivity contribution in [2.24, 2.45) is 0 Å². The SMILES string of the molecule is C[C@H](NC(=O)[C@@H]1Cc2ccccc2C[NH2+]1)C(=O)NC1CCCCC1. The second-order valence-electron chi connectivity index (χ2n) is 7.09. The lowest BCUT2D eigenvalue weighted by atomic mass is 9.95. The van der Waals surface area contributed by atoms with E-state index in [-0.39, 0.29) is 23.9 Å². The number of rotatable bonds is 4. The van der Waals surface area contributed by atoms with Crippen molar-refractivity contribution in [3.8, 4) is 0 Å². The van der Waals surface area contributed by atoms with Gasteiger partial charge in [0.05, 0.1) is 0 Å². The standard InChI is InChI=1S/C19H27N3O2/c1-13(18(23)22-16-9-3-2-4-10-16)21-19(24)17-11-14-7-5-6-8-15(14)12-20-17/h5-8,13,16-17,20H,2-4,9-12H2,1H3,(H,21,24)(H,22,23)/p+1/t13-,17-/m0/s1. The molecule has 1 saturated carbocycles. The van der Waals surface area contributed by atoms with Gasteiger partial charge in [0.2, 0.25) is 5.91 Å². The van der Waals surface area contributed by atoms with E-state index in [4.69, 9.17) is 0 Å². The van der Waals surface area contributed by atoms with Crippen molar-refractivity contribution in [2.75, 3.05) is 0 Å². The van der Waals surface area contributed by atoms with Gasteiger partial charge < -0.3 is 16.0 Å². The summed E-state index contributed by atoms with van der Waals surface area (Å²) >= 11 is 0. The minimum Gasteiger partial charge on any atom is -0.352 e. The Bertz CT molecular complexity index is 596. The normalized spacial score (nSPS) is 22.3. The van der Waals surface area contributed by atoms with Crippen LogP contribution in [-0.2, 0) is 22.6 Å². The van der Waals surface area contributed by atoms with Gasteiger partial charge in [-0.1, -0.05) is 43.5 Å². The van der Waals surface area contributed by atoms with Crippen LogP contribution in [-0.4, -0.2) is 29.9 Å². The number of benzene rings is 1. The molecule has 0 bridgehead atoms. The van der Waals surface area contributed by atoms with E-state index in [9.17, 15) is 9.59 Å². The largest absolute Gasteiger partial charge is 0.352 e. The quantitative estimate of drug-likeness (QED) is 0.757. The lowest BCUT2D eigenvalue weighted by molar-refractivity contribution is -0.695. The van der Waals surface area contributed by atoms with Gasteiger partial charge in [-0.2, -0.15) is 0 Å². The minimum absolute atomic E-state index is 0.0456. The second-order valence-corrected chi connectivity index (χ2v) is 7.09. The summed E-state index contributed by atoms with van der Waals surface area (Å²) in [6.07, 6.45) is 6.46. The highest BCUT2D eigenvalue weighted by atomic mass is 16.2. The van der Waals surface area contributed by atoms with Crippen LogP contribution >= 0.6 is 0 Å². The Kier molecular flexibility index (Phi) is 5.51. The summed E-state index contributed by atoms with van der Waals surface area (Å²) < 4.78 is 0. The average Bonchev–Trinajstić information content (AvgIpc) is 2.62. The van der Waals surface area contributed by atoms with Crippen LogP contribution in [0.25, 0.3) is 0 Å². The highest BCUT2D eigenvalue weighted by molar-refractivity contribution is 5.89. The van der Waals surface area contributed by atoms with Gasteiger partial charge in [0.1, 0.15) is 12.6 Å². The molecule has 0 aromatic heterocycles. The topological polar surface area (TPSA) is 74.8 Å². The fourth-order valence-corrected chi connectivity index (χ4v) is 3.70. The number of hydrogen-bond acceptors (Lipinski definition) is 2. The van der Waals surface area contributed by atoms with E-state index in [1.165, 1.54) is 30.4 Å². The molecule has 1 fully saturated rings. The Labute approximate surface area is 143 Å². The van der Waals surface area contributed by atoms with Crippen LogP contribution in [0.3, 0.4) is 0 Å². The van der Waals surface area contributed by atoms with Gasteiger partial charge in [-0.05, 0) is 25.3 Å². The number of hydrogen-bond donors (Lipinski definition) is 3. The van der Waals surface area contributed by atoms with Gasteiger partial charge in [-0.3, -0.25) is 9.59 Å². The molecule has 2 amide bonds. The second kappa shape index (κ2) is 7.79. The molecule has 2 aliphatic rings. The first-order valence-electron chi connectivity index (χ1n) is 9.14. The summed E-state index contributed by atoms with van der Waals surface area (Å²) in [4.78, 5) is 24.8. The Morgan fingerprint density at radius 1 is 1.12 bits per heavy atom. The van der Waals surface area contributed by atoms with Crippen molar-refractivity contribution in [1.82, 2.24) is 10.6 Å². The summed E-state index contributed by atoms with van der Waals surface area (Å²) in [5, 5.41) is 8.03. The smallest absolute Gasteiger partial charge is 0.279 e. The molecular formula is C19H28N3O2+. The van der Waals surface area contributed by atoms with Crippen LogP contribution in [0.4, 0.5) is 0 Å². The number of quaternary nitrogens is 1. The zero-order chi connectivity index (χ0) is 16.9. The van der Waals surface area contributed by atoms with Gasteiger partial charge >= 0.3 is 0 Å². The summed E-state index contributed by atoms with van der Waals surface area (Å²) in [6.45, 7) is 2.59. The summed E-state index contributed by atoms with van der Waals surface area (Å²) in [7, 11) is 0. The van der Waals surface area contributed by atoms with E-state index in [0.717, 1.165) is 25.8 Å². The molecule has 0 unspecified atom stereocenters. The molecule has 24 heavy (non-hydrogen) atoms. The predicted octanol–water partition coefficient (Wildman–Crippen LogP) is 0.628. The molecule has 4 N–H and O–H groups in total. The lowest BCUT2D eigenvalue weighted by Crippen LogP contribution is -2.93. The highest BCUT2D eigenvalue weighted by Gasteiger charge is 2.30. The van der Waals surface area contributed by atoms with Gasteiger partial charge in [0, 0.05) is 18.0 Å². The molecule has 0 radical (unpaired) electrons. The van der Waals surface area contributed by atoms with Crippen molar-refractivity contribution in [3.63, 3.8) is 0 Å². The third-order valence-corrected chi connectivity index (χ3v) is 5.22. The van der Waals surface area contributed by atoms with Gasteiger partial charge in [-0.15, -0.1) is 0 Å². The number of fused-ring (bicyclic) bond motifs is 1. The van der Waals surface area contributed by atoms with E-state index in [0.29, 0.717) is 0 Å². The molecule has 0 spiro atoms. The van der Waals surface area contributed by atoms with E-state index in [2.05, 4.69) is 28.1 Å². The number of carbonyl (C=O) groups excluding carboxylic acids is 2. The number of nitrogens with one attached hydrogen (secondary N) is 2. The molecule has 2 atom stereocenters. The molecule has 3 rings (SSSR count). The molecule has 1 heterocycles. The Morgan fingerprint density at radius 2 is 1.83 bits per heavy atom. The molecule has 1 aliphatic heterocycles. The minimum atomic E-state index is -0.481. The van der Waals surface area contributed by atoms with Crippen molar-refractivity contribution >= 4 is 11.8 Å². The van der Waals surface area contributed by atoms with Crippen molar-refractivity contribution in [2.45, 2.75) is 70.1 Å². The first kappa shape index (κ1) is 17.0. The fourth-order valence-electron chi connectivity index (χ4n) is 3.70. The van der Waals surface area contributed by atoms with Crippen LogP contribution < -0.4 is 16.0 Å². The van der Waals surface area contributed by atoms with Gasteiger partial charge in [0.15, 0.2) is 6.04 Å². The molecular weight excluding hydrogens is 302 g/mol. The van der Waals surface area contributed by atoms with Crippen molar-refractivity contribution in [3.05, 3.63) is 35.4 Å². The zero-order valence-electron chi connectivity index (χ0n) is 14.4. The van der Waals surface area contributed by atoms with Crippen LogP contribution in [0, 0.1) is 0 Å². The van der Waals surface area contributed by atoms with Crippen LogP contribution in [0.5, 0.6) is 0 Å². The molecule has 1 aromatic rings. The highest BCUT2D eigenvalue weighted by Crippen LogP contribution is 2.17. The molecule has 1 aliphatic carbocycles. The summed E-state index contributed by atoms with van der Waals surface area (Å²) in [5.74, 6) is -0.109. The van der Waals surface area contributed by atoms with Crippen molar-refractivity contribution in [1.29, 1.82) is 0 Å². The Morgan fingerprint density at radius 3 is 2.58 bits per heavy atom. The first-order valence-corrected chi connectivity index (χ1v) is 9.14. The monoisotopic (exact) mass is 330 g/mol. The lowest BCUT2D eigenvalue weighted by Gasteiger charge is -2.26. The van der Waals surface area contributed by atoms with E-state index in [1.807, 2.05) is 12.1 Å². The molecule has 130 valence electrons. The van der Waals surface area contributed by atoms with Gasteiger partial charge in [0.25, 0.3) is 5.91 Å². The Balaban J connectivity index is 1.50. The molecule has 0 saturated heterocycles. The van der Waals surface area contributed by atoms with Gasteiger partial charge in [-0.25, -0.2) is 0 Å². The fraction of sp³-hybridized carbons (Fsp3) is 0.579. The first-order chi connectivity index (χ1) is 11.6. The summed E-state index contributed by atoms with van der Waals surface area (Å²) in [5.41, 5.74) is 2.53. The molecule has 1 aromatic carbocycles. The van der Waals surface area contributed by atoms with E-state index >= 15 is 0 Å². The van der Waals surface area contributed by atoms with Crippen molar-refractivity contribution < 1.29 is 14.9 Å².